The molecular formula is C21H31N5O2. The minimum absolute atomic E-state index is 0.00981. The maximum absolute atomic E-state index is 5.95. The molecule has 2 heterocycles. The van der Waals surface area contributed by atoms with Crippen LogP contribution in [0.25, 0.3) is 0 Å². The summed E-state index contributed by atoms with van der Waals surface area (Å²) in [6.45, 7) is 7.48. The Kier molecular flexibility index (Phi) is 6.24. The number of ether oxygens (including phenoxy) is 2. The van der Waals surface area contributed by atoms with Gasteiger partial charge in [0.15, 0.2) is 5.96 Å². The van der Waals surface area contributed by atoms with Gasteiger partial charge in [-0.15, -0.1) is 0 Å². The van der Waals surface area contributed by atoms with Crippen LogP contribution in [0, 0.1) is 0 Å². The predicted octanol–water partition coefficient (Wildman–Crippen LogP) is 2.36. The Labute approximate surface area is 167 Å². The first-order valence-corrected chi connectivity index (χ1v) is 9.63. The third kappa shape index (κ3) is 4.65. The van der Waals surface area contributed by atoms with Crippen LogP contribution in [0.2, 0.25) is 0 Å². The van der Waals surface area contributed by atoms with Gasteiger partial charge in [-0.1, -0.05) is 26.0 Å². The Morgan fingerprint density at radius 1 is 1.36 bits per heavy atom. The average molecular weight is 386 g/mol. The standard InChI is InChI=1S/C21H31N5O2/c1-21(2,17-6-8-18(27-5)9-7-17)15-23-20(22-3)26-10-11-28-19(14-26)16-12-24-25(4)13-16/h6-9,12-13,19H,10-11,14-15H2,1-5H3,(H,22,23). The summed E-state index contributed by atoms with van der Waals surface area (Å²) in [5.74, 6) is 1.77. The molecular weight excluding hydrogens is 354 g/mol. The molecule has 1 fully saturated rings. The molecule has 0 spiro atoms. The Morgan fingerprint density at radius 2 is 2.11 bits per heavy atom. The molecule has 28 heavy (non-hydrogen) atoms. The van der Waals surface area contributed by atoms with Crippen molar-refractivity contribution in [2.45, 2.75) is 25.4 Å². The number of benzene rings is 1. The summed E-state index contributed by atoms with van der Waals surface area (Å²) in [7, 11) is 5.44. The number of methoxy groups -OCH3 is 1. The van der Waals surface area contributed by atoms with E-state index in [0.717, 1.165) is 36.9 Å². The Hall–Kier alpha value is -2.54. The van der Waals surface area contributed by atoms with Gasteiger partial charge in [0.2, 0.25) is 0 Å². The molecule has 1 aromatic heterocycles. The number of morpholine rings is 1. The minimum Gasteiger partial charge on any atom is -0.497 e. The monoisotopic (exact) mass is 385 g/mol. The molecule has 1 N–H and O–H groups in total. The van der Waals surface area contributed by atoms with Gasteiger partial charge in [-0.05, 0) is 17.7 Å². The zero-order chi connectivity index (χ0) is 20.1. The van der Waals surface area contributed by atoms with Crippen LogP contribution in [0.5, 0.6) is 5.75 Å². The van der Waals surface area contributed by atoms with Crippen LogP contribution in [0.3, 0.4) is 0 Å². The second-order valence-corrected chi connectivity index (χ2v) is 7.77. The van der Waals surface area contributed by atoms with E-state index in [0.29, 0.717) is 6.61 Å². The molecule has 1 aliphatic heterocycles. The summed E-state index contributed by atoms with van der Waals surface area (Å²) in [4.78, 5) is 6.76. The van der Waals surface area contributed by atoms with E-state index < -0.39 is 0 Å². The zero-order valence-corrected chi connectivity index (χ0v) is 17.5. The van der Waals surface area contributed by atoms with E-state index in [1.54, 1.807) is 7.11 Å². The van der Waals surface area contributed by atoms with Crippen LogP contribution in [-0.4, -0.2) is 61.0 Å². The number of guanidine groups is 1. The van der Waals surface area contributed by atoms with E-state index >= 15 is 0 Å². The molecule has 0 saturated carbocycles. The van der Waals surface area contributed by atoms with Crippen LogP contribution in [-0.2, 0) is 17.2 Å². The fourth-order valence-electron chi connectivity index (χ4n) is 3.43. The highest BCUT2D eigenvalue weighted by Crippen LogP contribution is 2.25. The van der Waals surface area contributed by atoms with Crippen molar-refractivity contribution in [2.24, 2.45) is 12.0 Å². The first kappa shape index (κ1) is 20.2. The van der Waals surface area contributed by atoms with Crippen molar-refractivity contribution < 1.29 is 9.47 Å². The second-order valence-electron chi connectivity index (χ2n) is 7.77. The van der Waals surface area contributed by atoms with Gasteiger partial charge in [0.1, 0.15) is 11.9 Å². The summed E-state index contributed by atoms with van der Waals surface area (Å²) in [5, 5.41) is 7.81. The number of rotatable bonds is 5. The summed E-state index contributed by atoms with van der Waals surface area (Å²) in [5.41, 5.74) is 2.31. The first-order valence-electron chi connectivity index (χ1n) is 9.63. The lowest BCUT2D eigenvalue weighted by atomic mass is 9.84. The van der Waals surface area contributed by atoms with Crippen LogP contribution in [0.4, 0.5) is 0 Å². The van der Waals surface area contributed by atoms with E-state index in [2.05, 4.69) is 46.3 Å². The van der Waals surface area contributed by atoms with Gasteiger partial charge < -0.3 is 19.7 Å². The lowest BCUT2D eigenvalue weighted by Gasteiger charge is -2.36. The molecule has 0 radical (unpaired) electrons. The maximum Gasteiger partial charge on any atom is 0.193 e. The highest BCUT2D eigenvalue weighted by Gasteiger charge is 2.27. The van der Waals surface area contributed by atoms with Gasteiger partial charge >= 0.3 is 0 Å². The number of aliphatic imine (C=N–C) groups is 1. The van der Waals surface area contributed by atoms with Crippen molar-refractivity contribution in [3.63, 3.8) is 0 Å². The molecule has 1 aromatic carbocycles. The van der Waals surface area contributed by atoms with Crippen molar-refractivity contribution in [3.05, 3.63) is 47.8 Å². The zero-order valence-electron chi connectivity index (χ0n) is 17.5. The SMILES string of the molecule is CN=C(NCC(C)(C)c1ccc(OC)cc1)N1CCOC(c2cnn(C)c2)C1. The molecule has 7 nitrogen and oxygen atoms in total. The van der Waals surface area contributed by atoms with Gasteiger partial charge in [-0.25, -0.2) is 0 Å². The number of aromatic nitrogens is 2. The van der Waals surface area contributed by atoms with Crippen molar-refractivity contribution in [1.29, 1.82) is 0 Å². The quantitative estimate of drug-likeness (QED) is 0.632. The maximum atomic E-state index is 5.95. The van der Waals surface area contributed by atoms with Crippen molar-refractivity contribution in [2.75, 3.05) is 40.4 Å². The number of nitrogens with one attached hydrogen (secondary N) is 1. The fourth-order valence-corrected chi connectivity index (χ4v) is 3.43. The van der Waals surface area contributed by atoms with E-state index in [1.807, 2.05) is 43.3 Å². The third-order valence-corrected chi connectivity index (χ3v) is 5.23. The van der Waals surface area contributed by atoms with Gasteiger partial charge in [-0.3, -0.25) is 9.67 Å². The normalized spacial score (nSPS) is 18.2. The molecule has 1 atom stereocenters. The highest BCUT2D eigenvalue weighted by molar-refractivity contribution is 5.80. The average Bonchev–Trinajstić information content (AvgIpc) is 3.15. The molecule has 0 bridgehead atoms. The Morgan fingerprint density at radius 3 is 2.71 bits per heavy atom. The summed E-state index contributed by atoms with van der Waals surface area (Å²) >= 11 is 0. The van der Waals surface area contributed by atoms with Crippen molar-refractivity contribution in [1.82, 2.24) is 20.0 Å². The number of hydrogen-bond donors (Lipinski definition) is 1. The van der Waals surface area contributed by atoms with Crippen LogP contribution in [0.15, 0.2) is 41.7 Å². The molecule has 3 rings (SSSR count). The molecule has 1 unspecified atom stereocenters. The van der Waals surface area contributed by atoms with Gasteiger partial charge in [-0.2, -0.15) is 5.10 Å². The molecule has 7 heteroatoms. The first-order chi connectivity index (χ1) is 13.4. The van der Waals surface area contributed by atoms with Crippen LogP contribution in [0.1, 0.15) is 31.1 Å². The Bertz CT molecular complexity index is 797. The summed E-state index contributed by atoms with van der Waals surface area (Å²) in [6.07, 6.45) is 3.89. The van der Waals surface area contributed by atoms with Crippen LogP contribution < -0.4 is 10.1 Å². The second kappa shape index (κ2) is 8.65. The van der Waals surface area contributed by atoms with Gasteiger partial charge in [0, 0.05) is 44.4 Å². The van der Waals surface area contributed by atoms with Crippen molar-refractivity contribution >= 4 is 5.96 Å². The van der Waals surface area contributed by atoms with Gasteiger partial charge in [0.25, 0.3) is 0 Å². The molecule has 1 saturated heterocycles. The van der Waals surface area contributed by atoms with E-state index in [1.165, 1.54) is 5.56 Å². The lowest BCUT2D eigenvalue weighted by molar-refractivity contribution is -0.00808. The smallest absolute Gasteiger partial charge is 0.193 e. The van der Waals surface area contributed by atoms with Crippen molar-refractivity contribution in [3.8, 4) is 5.75 Å². The molecule has 152 valence electrons. The van der Waals surface area contributed by atoms with E-state index in [9.17, 15) is 0 Å². The topological polar surface area (TPSA) is 63.9 Å². The Balaban J connectivity index is 1.63. The fraction of sp³-hybridized carbons (Fsp3) is 0.524. The van der Waals surface area contributed by atoms with Gasteiger partial charge in [0.05, 0.1) is 26.5 Å². The van der Waals surface area contributed by atoms with Crippen LogP contribution >= 0.6 is 0 Å². The number of nitrogens with zero attached hydrogens (tertiary/aromatic N) is 4. The van der Waals surface area contributed by atoms with E-state index in [-0.39, 0.29) is 11.5 Å². The van der Waals surface area contributed by atoms with E-state index in [4.69, 9.17) is 9.47 Å². The number of aryl methyl sites for hydroxylation is 1. The minimum atomic E-state index is -0.0444. The summed E-state index contributed by atoms with van der Waals surface area (Å²) < 4.78 is 13.0. The number of hydrogen-bond acceptors (Lipinski definition) is 4. The molecule has 0 amide bonds. The molecule has 0 aliphatic carbocycles. The molecule has 1 aliphatic rings. The highest BCUT2D eigenvalue weighted by atomic mass is 16.5. The predicted molar refractivity (Wildman–Crippen MR) is 111 cm³/mol. The summed E-state index contributed by atoms with van der Waals surface area (Å²) in [6, 6.07) is 8.26. The largest absolute Gasteiger partial charge is 0.497 e. The third-order valence-electron chi connectivity index (χ3n) is 5.23. The molecule has 2 aromatic rings. The lowest BCUT2D eigenvalue weighted by Crippen LogP contribution is -2.50.